The van der Waals surface area contributed by atoms with E-state index in [4.69, 9.17) is 4.74 Å². The fourth-order valence-electron chi connectivity index (χ4n) is 2.70. The second kappa shape index (κ2) is 9.61. The van der Waals surface area contributed by atoms with Crippen molar-refractivity contribution in [2.45, 2.75) is 26.7 Å². The number of carbonyl (C=O) groups is 2. The second-order valence-electron chi connectivity index (χ2n) is 6.24. The molecule has 0 aromatic heterocycles. The molecule has 0 aliphatic carbocycles. The zero-order chi connectivity index (χ0) is 18.9. The van der Waals surface area contributed by atoms with Gasteiger partial charge in [0.05, 0.1) is 12.8 Å². The van der Waals surface area contributed by atoms with Gasteiger partial charge in [0.1, 0.15) is 5.75 Å². The summed E-state index contributed by atoms with van der Waals surface area (Å²) in [6, 6.07) is 15.6. The number of nitrogens with one attached hydrogen (secondary N) is 1. The van der Waals surface area contributed by atoms with E-state index < -0.39 is 0 Å². The van der Waals surface area contributed by atoms with Crippen LogP contribution in [0.5, 0.6) is 5.75 Å². The van der Waals surface area contributed by atoms with Crippen LogP contribution in [-0.2, 0) is 16.0 Å². The summed E-state index contributed by atoms with van der Waals surface area (Å²) in [5.74, 6) is 0.457. The zero-order valence-electron chi connectivity index (χ0n) is 15.6. The van der Waals surface area contributed by atoms with Gasteiger partial charge in [-0.1, -0.05) is 36.4 Å². The molecule has 0 unspecified atom stereocenters. The first-order chi connectivity index (χ1) is 12.5. The van der Waals surface area contributed by atoms with E-state index in [2.05, 4.69) is 5.32 Å². The third-order valence-electron chi connectivity index (χ3n) is 4.20. The lowest BCUT2D eigenvalue weighted by Gasteiger charge is -2.21. The lowest BCUT2D eigenvalue weighted by Crippen LogP contribution is -2.33. The van der Waals surface area contributed by atoms with Crippen molar-refractivity contribution in [2.75, 3.05) is 25.5 Å². The summed E-state index contributed by atoms with van der Waals surface area (Å²) in [6.45, 7) is 4.48. The fraction of sp³-hybridized carbons (Fsp3) is 0.333. The number of nitrogens with zero attached hydrogens (tertiary/aromatic N) is 1. The lowest BCUT2D eigenvalue weighted by molar-refractivity contribution is -0.129. The van der Waals surface area contributed by atoms with Gasteiger partial charge in [-0.15, -0.1) is 0 Å². The number of anilines is 1. The van der Waals surface area contributed by atoms with Crippen LogP contribution in [0.4, 0.5) is 5.69 Å². The topological polar surface area (TPSA) is 58.6 Å². The predicted molar refractivity (Wildman–Crippen MR) is 103 cm³/mol. The Hall–Kier alpha value is -2.82. The molecule has 138 valence electrons. The van der Waals surface area contributed by atoms with Crippen LogP contribution in [0.3, 0.4) is 0 Å². The monoisotopic (exact) mass is 354 g/mol. The molecule has 0 radical (unpaired) electrons. The highest BCUT2D eigenvalue weighted by molar-refractivity contribution is 5.92. The molecule has 2 aromatic rings. The summed E-state index contributed by atoms with van der Waals surface area (Å²) in [5.41, 5.74) is 2.86. The Bertz CT molecular complexity index is 744. The molecule has 5 heteroatoms. The first-order valence-corrected chi connectivity index (χ1v) is 8.73. The van der Waals surface area contributed by atoms with Gasteiger partial charge in [0.15, 0.2) is 0 Å². The average molecular weight is 354 g/mol. The van der Waals surface area contributed by atoms with Gasteiger partial charge in [-0.25, -0.2) is 0 Å². The van der Waals surface area contributed by atoms with Crippen molar-refractivity contribution in [3.8, 4) is 5.75 Å². The Morgan fingerprint density at radius 1 is 1.08 bits per heavy atom. The molecule has 2 rings (SSSR count). The standard InChI is InChI=1S/C21H26N2O3/c1-16-9-10-20(26-3)19(15-16)22-21(25)12-14-23(17(2)24)13-11-18-7-5-4-6-8-18/h4-10,15H,11-14H2,1-3H3,(H,22,25). The van der Waals surface area contributed by atoms with E-state index in [9.17, 15) is 9.59 Å². The lowest BCUT2D eigenvalue weighted by atomic mass is 10.1. The maximum Gasteiger partial charge on any atom is 0.226 e. The summed E-state index contributed by atoms with van der Waals surface area (Å²) in [7, 11) is 1.57. The Morgan fingerprint density at radius 3 is 2.46 bits per heavy atom. The molecule has 0 saturated carbocycles. The number of ether oxygens (including phenoxy) is 1. The smallest absolute Gasteiger partial charge is 0.226 e. The van der Waals surface area contributed by atoms with Crippen LogP contribution in [0.25, 0.3) is 0 Å². The number of methoxy groups -OCH3 is 1. The molecule has 0 heterocycles. The van der Waals surface area contributed by atoms with Crippen molar-refractivity contribution < 1.29 is 14.3 Å². The van der Waals surface area contributed by atoms with E-state index in [1.54, 1.807) is 12.0 Å². The van der Waals surface area contributed by atoms with Gasteiger partial charge in [0, 0.05) is 26.4 Å². The quantitative estimate of drug-likeness (QED) is 0.790. The van der Waals surface area contributed by atoms with Crippen LogP contribution in [0.15, 0.2) is 48.5 Å². The van der Waals surface area contributed by atoms with E-state index in [0.29, 0.717) is 24.5 Å². The SMILES string of the molecule is COc1ccc(C)cc1NC(=O)CCN(CCc1ccccc1)C(C)=O. The van der Waals surface area contributed by atoms with Crippen molar-refractivity contribution in [1.82, 2.24) is 4.90 Å². The van der Waals surface area contributed by atoms with Gasteiger partial charge in [0.25, 0.3) is 0 Å². The van der Waals surface area contributed by atoms with E-state index >= 15 is 0 Å². The van der Waals surface area contributed by atoms with Gasteiger partial charge < -0.3 is 15.0 Å². The number of benzene rings is 2. The molecule has 0 saturated heterocycles. The minimum absolute atomic E-state index is 0.0260. The van der Waals surface area contributed by atoms with Gasteiger partial charge >= 0.3 is 0 Å². The van der Waals surface area contributed by atoms with Crippen molar-refractivity contribution in [3.63, 3.8) is 0 Å². The van der Waals surface area contributed by atoms with Gasteiger partial charge in [0.2, 0.25) is 11.8 Å². The highest BCUT2D eigenvalue weighted by Gasteiger charge is 2.13. The summed E-state index contributed by atoms with van der Waals surface area (Å²) in [4.78, 5) is 25.9. The Balaban J connectivity index is 1.89. The maximum absolute atomic E-state index is 12.3. The van der Waals surface area contributed by atoms with Gasteiger partial charge in [-0.3, -0.25) is 9.59 Å². The number of rotatable bonds is 8. The maximum atomic E-state index is 12.3. The predicted octanol–water partition coefficient (Wildman–Crippen LogP) is 3.42. The Kier molecular flexibility index (Phi) is 7.21. The average Bonchev–Trinajstić information content (AvgIpc) is 2.62. The van der Waals surface area contributed by atoms with Crippen LogP contribution in [0.2, 0.25) is 0 Å². The first-order valence-electron chi connectivity index (χ1n) is 8.73. The molecule has 2 amide bonds. The number of carbonyl (C=O) groups excluding carboxylic acids is 2. The van der Waals surface area contributed by atoms with E-state index in [1.807, 2.05) is 55.5 Å². The largest absolute Gasteiger partial charge is 0.495 e. The van der Waals surface area contributed by atoms with Crippen LogP contribution >= 0.6 is 0 Å². The van der Waals surface area contributed by atoms with Crippen molar-refractivity contribution >= 4 is 17.5 Å². The van der Waals surface area contributed by atoms with Crippen LogP contribution in [0.1, 0.15) is 24.5 Å². The highest BCUT2D eigenvalue weighted by Crippen LogP contribution is 2.25. The molecule has 26 heavy (non-hydrogen) atoms. The molecule has 0 aliphatic heterocycles. The summed E-state index contributed by atoms with van der Waals surface area (Å²) >= 11 is 0. The molecule has 5 nitrogen and oxygen atoms in total. The summed E-state index contributed by atoms with van der Waals surface area (Å²) < 4.78 is 5.27. The highest BCUT2D eigenvalue weighted by atomic mass is 16.5. The number of amides is 2. The third-order valence-corrected chi connectivity index (χ3v) is 4.20. The summed E-state index contributed by atoms with van der Waals surface area (Å²) in [5, 5.41) is 2.87. The molecule has 0 bridgehead atoms. The first kappa shape index (κ1) is 19.5. The molecule has 0 spiro atoms. The molecular weight excluding hydrogens is 328 g/mol. The molecule has 0 aliphatic rings. The molecule has 0 fully saturated rings. The minimum atomic E-state index is -0.139. The Morgan fingerprint density at radius 2 is 1.81 bits per heavy atom. The molecule has 0 atom stereocenters. The van der Waals surface area contributed by atoms with Gasteiger partial charge in [-0.05, 0) is 36.6 Å². The number of aryl methyl sites for hydroxylation is 1. The van der Waals surface area contributed by atoms with E-state index in [0.717, 1.165) is 12.0 Å². The number of hydrogen-bond donors (Lipinski definition) is 1. The van der Waals surface area contributed by atoms with Crippen molar-refractivity contribution in [1.29, 1.82) is 0 Å². The molecule has 2 aromatic carbocycles. The zero-order valence-corrected chi connectivity index (χ0v) is 15.6. The van der Waals surface area contributed by atoms with E-state index in [1.165, 1.54) is 12.5 Å². The van der Waals surface area contributed by atoms with Crippen LogP contribution in [-0.4, -0.2) is 36.9 Å². The third kappa shape index (κ3) is 5.92. The molecule has 1 N–H and O–H groups in total. The van der Waals surface area contributed by atoms with Crippen LogP contribution < -0.4 is 10.1 Å². The minimum Gasteiger partial charge on any atom is -0.495 e. The van der Waals surface area contributed by atoms with Crippen molar-refractivity contribution in [2.24, 2.45) is 0 Å². The van der Waals surface area contributed by atoms with E-state index in [-0.39, 0.29) is 18.2 Å². The second-order valence-corrected chi connectivity index (χ2v) is 6.24. The van der Waals surface area contributed by atoms with Crippen molar-refractivity contribution in [3.05, 3.63) is 59.7 Å². The molecular formula is C21H26N2O3. The Labute approximate surface area is 155 Å². The van der Waals surface area contributed by atoms with Crippen LogP contribution in [0, 0.1) is 6.92 Å². The normalized spacial score (nSPS) is 10.3. The fourth-order valence-corrected chi connectivity index (χ4v) is 2.70. The number of hydrogen-bond acceptors (Lipinski definition) is 3. The van der Waals surface area contributed by atoms with Gasteiger partial charge in [-0.2, -0.15) is 0 Å². The summed E-state index contributed by atoms with van der Waals surface area (Å²) in [6.07, 6.45) is 1.01.